The van der Waals surface area contributed by atoms with Crippen LogP contribution in [0.4, 0.5) is 0 Å². The summed E-state index contributed by atoms with van der Waals surface area (Å²) in [6.45, 7) is 3.35. The van der Waals surface area contributed by atoms with E-state index in [-0.39, 0.29) is 5.16 Å². The summed E-state index contributed by atoms with van der Waals surface area (Å²) in [5.74, 6) is 0. The van der Waals surface area contributed by atoms with Crippen LogP contribution in [0, 0.1) is 0 Å². The molecule has 0 amide bonds. The maximum absolute atomic E-state index is 5.30. The molecule has 0 saturated heterocycles. The summed E-state index contributed by atoms with van der Waals surface area (Å²) in [5, 5.41) is 0.452. The highest BCUT2D eigenvalue weighted by Crippen LogP contribution is 1.93. The third-order valence-electron chi connectivity index (χ3n) is 0.412. The predicted molar refractivity (Wildman–Crippen MR) is 41.6 cm³/mol. The SMILES string of the molecule is C=C(Cl)C=N/C=C(\N)Cl. The first-order valence-corrected chi connectivity index (χ1v) is 2.87. The molecular formula is C5H6Cl2N2. The Labute approximate surface area is 63.7 Å². The second kappa shape index (κ2) is 4.41. The lowest BCUT2D eigenvalue weighted by Gasteiger charge is -1.80. The maximum Gasteiger partial charge on any atom is 0.118 e. The van der Waals surface area contributed by atoms with Gasteiger partial charge in [-0.05, 0) is 0 Å². The number of hydrogen-bond donors (Lipinski definition) is 1. The van der Waals surface area contributed by atoms with Gasteiger partial charge in [0.2, 0.25) is 0 Å². The zero-order valence-electron chi connectivity index (χ0n) is 4.64. The van der Waals surface area contributed by atoms with Crippen molar-refractivity contribution in [2.24, 2.45) is 10.7 Å². The summed E-state index contributed by atoms with van der Waals surface area (Å²) in [6, 6.07) is 0. The van der Waals surface area contributed by atoms with Gasteiger partial charge in [0.1, 0.15) is 5.16 Å². The summed E-state index contributed by atoms with van der Waals surface area (Å²) in [7, 11) is 0. The summed E-state index contributed by atoms with van der Waals surface area (Å²) in [6.07, 6.45) is 2.62. The third-order valence-corrected chi connectivity index (χ3v) is 0.608. The molecule has 0 aliphatic carbocycles. The fourth-order valence-electron chi connectivity index (χ4n) is 0.189. The second-order valence-electron chi connectivity index (χ2n) is 1.24. The van der Waals surface area contributed by atoms with Crippen molar-refractivity contribution in [3.05, 3.63) is 23.0 Å². The summed E-state index contributed by atoms with van der Waals surface area (Å²) >= 11 is 10.5. The van der Waals surface area contributed by atoms with E-state index in [0.717, 1.165) is 0 Å². The number of allylic oxidation sites excluding steroid dienone is 1. The molecule has 0 aliphatic heterocycles. The van der Waals surface area contributed by atoms with Gasteiger partial charge in [-0.3, -0.25) is 4.99 Å². The highest BCUT2D eigenvalue weighted by atomic mass is 35.5. The minimum absolute atomic E-state index is 0.115. The number of hydrogen-bond acceptors (Lipinski definition) is 2. The molecule has 50 valence electrons. The van der Waals surface area contributed by atoms with Gasteiger partial charge < -0.3 is 5.73 Å². The minimum atomic E-state index is 0.115. The van der Waals surface area contributed by atoms with E-state index < -0.39 is 0 Å². The summed E-state index contributed by atoms with van der Waals surface area (Å²) < 4.78 is 0. The Morgan fingerprint density at radius 2 is 2.11 bits per heavy atom. The molecule has 0 unspecified atom stereocenters. The molecule has 0 atom stereocenters. The van der Waals surface area contributed by atoms with Crippen molar-refractivity contribution in [3.63, 3.8) is 0 Å². The van der Waals surface area contributed by atoms with Crippen molar-refractivity contribution in [2.45, 2.75) is 0 Å². The Morgan fingerprint density at radius 3 is 2.44 bits per heavy atom. The number of rotatable bonds is 2. The fraction of sp³-hybridized carbons (Fsp3) is 0. The van der Waals surface area contributed by atoms with Gasteiger partial charge in [-0.15, -0.1) is 0 Å². The molecule has 2 N–H and O–H groups in total. The molecule has 0 fully saturated rings. The first-order chi connectivity index (χ1) is 4.13. The smallest absolute Gasteiger partial charge is 0.118 e. The molecule has 0 bridgehead atoms. The normalized spacial score (nSPS) is 12.4. The number of nitrogens with two attached hydrogens (primary N) is 1. The third kappa shape index (κ3) is 7.53. The van der Waals surface area contributed by atoms with Crippen LogP contribution >= 0.6 is 23.2 Å². The molecule has 9 heavy (non-hydrogen) atoms. The van der Waals surface area contributed by atoms with Gasteiger partial charge in [0, 0.05) is 6.21 Å². The summed E-state index contributed by atoms with van der Waals surface area (Å²) in [5.41, 5.74) is 5.02. The summed E-state index contributed by atoms with van der Waals surface area (Å²) in [4.78, 5) is 3.59. The highest BCUT2D eigenvalue weighted by molar-refractivity contribution is 6.38. The average Bonchev–Trinajstić information content (AvgIpc) is 1.63. The van der Waals surface area contributed by atoms with Crippen molar-refractivity contribution >= 4 is 29.4 Å². The number of nitrogens with zero attached hydrogens (tertiary/aromatic N) is 1. The zero-order valence-corrected chi connectivity index (χ0v) is 6.15. The van der Waals surface area contributed by atoms with Crippen molar-refractivity contribution in [1.82, 2.24) is 0 Å². The lowest BCUT2D eigenvalue weighted by molar-refractivity contribution is 1.45. The quantitative estimate of drug-likeness (QED) is 0.491. The standard InChI is InChI=1S/C5H6Cl2N2/c1-4(6)2-9-3-5(7)8/h2-3H,1,8H2/b5-3-,9-2?. The van der Waals surface area contributed by atoms with Gasteiger partial charge in [-0.25, -0.2) is 0 Å². The predicted octanol–water partition coefficient (Wildman–Crippen LogP) is 1.81. The van der Waals surface area contributed by atoms with E-state index >= 15 is 0 Å². The van der Waals surface area contributed by atoms with E-state index in [1.54, 1.807) is 0 Å². The Hall–Kier alpha value is -0.470. The largest absolute Gasteiger partial charge is 0.388 e. The number of aliphatic imine (C=N–C) groups is 1. The first-order valence-electron chi connectivity index (χ1n) is 2.11. The maximum atomic E-state index is 5.30. The van der Waals surface area contributed by atoms with Gasteiger partial charge in [0.05, 0.1) is 11.2 Å². The van der Waals surface area contributed by atoms with E-state index in [4.69, 9.17) is 28.9 Å². The number of halogens is 2. The first kappa shape index (κ1) is 8.53. The van der Waals surface area contributed by atoms with Crippen molar-refractivity contribution < 1.29 is 0 Å². The molecule has 0 spiro atoms. The lowest BCUT2D eigenvalue weighted by Crippen LogP contribution is -1.84. The van der Waals surface area contributed by atoms with Crippen LogP contribution in [0.5, 0.6) is 0 Å². The van der Waals surface area contributed by atoms with Crippen LogP contribution < -0.4 is 5.73 Å². The molecule has 0 rings (SSSR count). The van der Waals surface area contributed by atoms with Gasteiger partial charge in [0.15, 0.2) is 0 Å². The topological polar surface area (TPSA) is 38.4 Å². The van der Waals surface area contributed by atoms with Crippen molar-refractivity contribution in [1.29, 1.82) is 0 Å². The van der Waals surface area contributed by atoms with Crippen LogP contribution in [0.3, 0.4) is 0 Å². The molecule has 0 heterocycles. The molecule has 0 saturated carbocycles. The van der Waals surface area contributed by atoms with Gasteiger partial charge >= 0.3 is 0 Å². The molecule has 4 heteroatoms. The van der Waals surface area contributed by atoms with Crippen LogP contribution in [0.2, 0.25) is 0 Å². The van der Waals surface area contributed by atoms with Crippen LogP contribution in [-0.4, -0.2) is 6.21 Å². The van der Waals surface area contributed by atoms with Crippen molar-refractivity contribution in [3.8, 4) is 0 Å². The van der Waals surface area contributed by atoms with E-state index in [1.165, 1.54) is 12.4 Å². The Balaban J connectivity index is 3.74. The van der Waals surface area contributed by atoms with Crippen LogP contribution in [-0.2, 0) is 0 Å². The van der Waals surface area contributed by atoms with E-state index in [0.29, 0.717) is 5.03 Å². The van der Waals surface area contributed by atoms with Gasteiger partial charge in [-0.1, -0.05) is 29.8 Å². The lowest BCUT2D eigenvalue weighted by atomic mass is 10.7. The molecule has 0 aromatic heterocycles. The van der Waals surface area contributed by atoms with E-state index in [1.807, 2.05) is 0 Å². The van der Waals surface area contributed by atoms with Gasteiger partial charge in [-0.2, -0.15) is 0 Å². The van der Waals surface area contributed by atoms with E-state index in [2.05, 4.69) is 11.6 Å². The Bertz CT molecular complexity index is 156. The monoisotopic (exact) mass is 164 g/mol. The van der Waals surface area contributed by atoms with Crippen LogP contribution in [0.1, 0.15) is 0 Å². The molecular weight excluding hydrogens is 159 g/mol. The fourth-order valence-corrected chi connectivity index (χ4v) is 0.302. The van der Waals surface area contributed by atoms with Crippen molar-refractivity contribution in [2.75, 3.05) is 0 Å². The Kier molecular flexibility index (Phi) is 4.18. The highest BCUT2D eigenvalue weighted by Gasteiger charge is 1.76. The molecule has 0 radical (unpaired) electrons. The van der Waals surface area contributed by atoms with E-state index in [9.17, 15) is 0 Å². The minimum Gasteiger partial charge on any atom is -0.388 e. The molecule has 0 aliphatic rings. The molecule has 0 aromatic carbocycles. The van der Waals surface area contributed by atoms with Crippen LogP contribution in [0.15, 0.2) is 28.0 Å². The second-order valence-corrected chi connectivity index (χ2v) is 2.16. The average molecular weight is 165 g/mol. The molecule has 2 nitrogen and oxygen atoms in total. The van der Waals surface area contributed by atoms with Crippen LogP contribution in [0.25, 0.3) is 0 Å². The molecule has 0 aromatic rings. The zero-order chi connectivity index (χ0) is 7.28. The Morgan fingerprint density at radius 1 is 1.56 bits per heavy atom. The van der Waals surface area contributed by atoms with Gasteiger partial charge in [0.25, 0.3) is 0 Å².